The van der Waals surface area contributed by atoms with Gasteiger partial charge in [0, 0.05) is 17.3 Å². The van der Waals surface area contributed by atoms with Gasteiger partial charge in [0.2, 0.25) is 5.91 Å². The number of thiophene rings is 1. The number of aliphatic hydroxyl groups is 1. The van der Waals surface area contributed by atoms with Crippen molar-refractivity contribution in [2.75, 3.05) is 11.9 Å². The van der Waals surface area contributed by atoms with Gasteiger partial charge in [0.05, 0.1) is 17.0 Å². The number of fused-ring (bicyclic) bond motifs is 1. The summed E-state index contributed by atoms with van der Waals surface area (Å²) in [5.74, 6) is -0.868. The Morgan fingerprint density at radius 1 is 1.21 bits per heavy atom. The van der Waals surface area contributed by atoms with Crippen LogP contribution < -0.4 is 10.6 Å². The largest absolute Gasteiger partial charge is 0.394 e. The molecule has 0 spiro atoms. The van der Waals surface area contributed by atoms with Crippen LogP contribution in [0.3, 0.4) is 0 Å². The monoisotopic (exact) mass is 341 g/mol. The quantitative estimate of drug-likeness (QED) is 0.662. The van der Waals surface area contributed by atoms with E-state index in [0.717, 1.165) is 10.9 Å². The van der Waals surface area contributed by atoms with E-state index in [4.69, 9.17) is 0 Å². The van der Waals surface area contributed by atoms with Crippen molar-refractivity contribution in [3.05, 3.63) is 58.9 Å². The van der Waals surface area contributed by atoms with E-state index in [2.05, 4.69) is 15.6 Å². The highest BCUT2D eigenvalue weighted by molar-refractivity contribution is 7.12. The summed E-state index contributed by atoms with van der Waals surface area (Å²) in [7, 11) is 0. The summed E-state index contributed by atoms with van der Waals surface area (Å²) in [6.45, 7) is -0.488. The molecule has 2 amide bonds. The van der Waals surface area contributed by atoms with Crippen LogP contribution in [0.1, 0.15) is 9.67 Å². The van der Waals surface area contributed by atoms with Gasteiger partial charge in [-0.05, 0) is 35.7 Å². The van der Waals surface area contributed by atoms with Gasteiger partial charge in [-0.1, -0.05) is 12.1 Å². The molecule has 1 unspecified atom stereocenters. The van der Waals surface area contributed by atoms with E-state index in [0.29, 0.717) is 10.6 Å². The molecule has 7 heteroatoms. The van der Waals surface area contributed by atoms with Gasteiger partial charge >= 0.3 is 0 Å². The topological polar surface area (TPSA) is 91.3 Å². The van der Waals surface area contributed by atoms with Crippen LogP contribution in [0.15, 0.2) is 54.0 Å². The Morgan fingerprint density at radius 3 is 2.83 bits per heavy atom. The van der Waals surface area contributed by atoms with Crippen molar-refractivity contribution in [3.63, 3.8) is 0 Å². The van der Waals surface area contributed by atoms with E-state index >= 15 is 0 Å². The predicted molar refractivity (Wildman–Crippen MR) is 93.0 cm³/mol. The predicted octanol–water partition coefficient (Wildman–Crippen LogP) is 2.03. The summed E-state index contributed by atoms with van der Waals surface area (Å²) >= 11 is 1.27. The average molecular weight is 341 g/mol. The summed E-state index contributed by atoms with van der Waals surface area (Å²) in [5, 5.41) is 17.3. The lowest BCUT2D eigenvalue weighted by atomic mass is 10.2. The fourth-order valence-corrected chi connectivity index (χ4v) is 2.84. The van der Waals surface area contributed by atoms with Crippen molar-refractivity contribution in [1.82, 2.24) is 10.3 Å². The van der Waals surface area contributed by atoms with E-state index in [1.54, 1.807) is 41.9 Å². The second kappa shape index (κ2) is 7.20. The van der Waals surface area contributed by atoms with Crippen molar-refractivity contribution in [1.29, 1.82) is 0 Å². The molecular formula is C17H15N3O3S. The molecule has 6 nitrogen and oxygen atoms in total. The number of rotatable bonds is 5. The Hall–Kier alpha value is -2.77. The normalized spacial score (nSPS) is 11.9. The zero-order valence-electron chi connectivity index (χ0n) is 12.6. The van der Waals surface area contributed by atoms with Crippen molar-refractivity contribution < 1.29 is 14.7 Å². The number of anilines is 1. The van der Waals surface area contributed by atoms with Crippen LogP contribution in [0.25, 0.3) is 10.9 Å². The Kier molecular flexibility index (Phi) is 4.83. The van der Waals surface area contributed by atoms with Gasteiger partial charge < -0.3 is 15.7 Å². The minimum Gasteiger partial charge on any atom is -0.394 e. The molecule has 3 rings (SSSR count). The second-order valence-corrected chi connectivity index (χ2v) is 6.03. The summed E-state index contributed by atoms with van der Waals surface area (Å²) in [5.41, 5.74) is 1.39. The van der Waals surface area contributed by atoms with Gasteiger partial charge in [-0.25, -0.2) is 0 Å². The van der Waals surface area contributed by atoms with Crippen LogP contribution in [0.4, 0.5) is 5.69 Å². The number of carbonyl (C=O) groups excluding carboxylic acids is 2. The summed E-state index contributed by atoms with van der Waals surface area (Å²) < 4.78 is 0. The third kappa shape index (κ3) is 3.58. The first kappa shape index (κ1) is 16.1. The number of pyridine rings is 1. The first-order chi connectivity index (χ1) is 11.7. The zero-order chi connectivity index (χ0) is 16.9. The molecule has 1 atom stereocenters. The zero-order valence-corrected chi connectivity index (χ0v) is 13.4. The van der Waals surface area contributed by atoms with Crippen LogP contribution in [-0.4, -0.2) is 34.6 Å². The van der Waals surface area contributed by atoms with Crippen LogP contribution >= 0.6 is 11.3 Å². The van der Waals surface area contributed by atoms with Gasteiger partial charge in [0.1, 0.15) is 6.04 Å². The summed E-state index contributed by atoms with van der Waals surface area (Å²) in [4.78, 5) is 29.0. The molecule has 24 heavy (non-hydrogen) atoms. The van der Waals surface area contributed by atoms with Crippen LogP contribution in [0, 0.1) is 0 Å². The molecule has 0 saturated carbocycles. The Morgan fingerprint density at radius 2 is 2.08 bits per heavy atom. The molecule has 0 aliphatic rings. The molecule has 0 saturated heterocycles. The molecular weight excluding hydrogens is 326 g/mol. The van der Waals surface area contributed by atoms with Gasteiger partial charge in [-0.2, -0.15) is 0 Å². The Bertz CT molecular complexity index is 864. The molecule has 122 valence electrons. The maximum absolute atomic E-state index is 12.3. The molecule has 3 N–H and O–H groups in total. The highest BCUT2D eigenvalue weighted by atomic mass is 32.1. The van der Waals surface area contributed by atoms with Crippen molar-refractivity contribution in [2.45, 2.75) is 6.04 Å². The maximum Gasteiger partial charge on any atom is 0.262 e. The molecule has 0 bridgehead atoms. The molecule has 2 aromatic heterocycles. The smallest absolute Gasteiger partial charge is 0.262 e. The molecule has 0 radical (unpaired) electrons. The highest BCUT2D eigenvalue weighted by Crippen LogP contribution is 2.17. The Balaban J connectivity index is 1.70. The number of hydrogen-bond donors (Lipinski definition) is 3. The first-order valence-electron chi connectivity index (χ1n) is 7.28. The first-order valence-corrected chi connectivity index (χ1v) is 8.16. The maximum atomic E-state index is 12.3. The fraction of sp³-hybridized carbons (Fsp3) is 0.118. The number of hydrogen-bond acceptors (Lipinski definition) is 5. The van der Waals surface area contributed by atoms with E-state index in [1.165, 1.54) is 11.3 Å². The number of nitrogens with zero attached hydrogens (tertiary/aromatic N) is 1. The summed E-state index contributed by atoms with van der Waals surface area (Å²) in [6.07, 6.45) is 1.70. The average Bonchev–Trinajstić information content (AvgIpc) is 3.14. The number of aliphatic hydroxyl groups excluding tert-OH is 1. The molecule has 0 fully saturated rings. The summed E-state index contributed by atoms with van der Waals surface area (Å²) in [6, 6.07) is 11.4. The lowest BCUT2D eigenvalue weighted by molar-refractivity contribution is -0.118. The third-order valence-electron chi connectivity index (χ3n) is 3.42. The molecule has 0 aliphatic heterocycles. The van der Waals surface area contributed by atoms with E-state index < -0.39 is 18.6 Å². The molecule has 3 aromatic rings. The van der Waals surface area contributed by atoms with Crippen LogP contribution in [-0.2, 0) is 4.79 Å². The fourth-order valence-electron chi connectivity index (χ4n) is 2.21. The van der Waals surface area contributed by atoms with Gasteiger partial charge in [-0.15, -0.1) is 11.3 Å². The van der Waals surface area contributed by atoms with Crippen molar-refractivity contribution in [3.8, 4) is 0 Å². The van der Waals surface area contributed by atoms with Gasteiger partial charge in [0.25, 0.3) is 5.91 Å². The Labute approximate surface area is 142 Å². The number of carbonyl (C=O) groups is 2. The number of amides is 2. The van der Waals surface area contributed by atoms with E-state index in [1.807, 2.05) is 12.1 Å². The van der Waals surface area contributed by atoms with Crippen molar-refractivity contribution >= 4 is 39.7 Å². The van der Waals surface area contributed by atoms with Crippen LogP contribution in [0.2, 0.25) is 0 Å². The minimum atomic E-state index is -1.02. The number of nitrogens with one attached hydrogen (secondary N) is 2. The van der Waals surface area contributed by atoms with Crippen molar-refractivity contribution in [2.24, 2.45) is 0 Å². The molecule has 0 aliphatic carbocycles. The van der Waals surface area contributed by atoms with E-state index in [9.17, 15) is 14.7 Å². The lowest BCUT2D eigenvalue weighted by Gasteiger charge is -2.16. The highest BCUT2D eigenvalue weighted by Gasteiger charge is 2.21. The van der Waals surface area contributed by atoms with Gasteiger partial charge in [-0.3, -0.25) is 14.6 Å². The number of aromatic nitrogens is 1. The number of benzene rings is 1. The lowest BCUT2D eigenvalue weighted by Crippen LogP contribution is -2.46. The second-order valence-electron chi connectivity index (χ2n) is 5.09. The minimum absolute atomic E-state index is 0.387. The molecule has 1 aromatic carbocycles. The van der Waals surface area contributed by atoms with Gasteiger partial charge in [0.15, 0.2) is 0 Å². The van der Waals surface area contributed by atoms with Crippen LogP contribution in [0.5, 0.6) is 0 Å². The third-order valence-corrected chi connectivity index (χ3v) is 4.29. The SMILES string of the molecule is O=C(NC(CO)C(=O)Nc1ccc2ncccc2c1)c1cccs1. The molecule has 2 heterocycles. The standard InChI is InChI=1S/C17H15N3O3S/c21-10-14(20-17(23)15-4-2-8-24-15)16(22)19-12-5-6-13-11(9-12)3-1-7-18-13/h1-9,14,21H,10H2,(H,19,22)(H,20,23). The van der Waals surface area contributed by atoms with E-state index in [-0.39, 0.29) is 5.91 Å².